The second-order valence-corrected chi connectivity index (χ2v) is 6.71. The highest BCUT2D eigenvalue weighted by Gasteiger charge is 2.23. The van der Waals surface area contributed by atoms with E-state index < -0.39 is 29.6 Å². The van der Waals surface area contributed by atoms with Gasteiger partial charge >= 0.3 is 5.97 Å². The summed E-state index contributed by atoms with van der Waals surface area (Å²) in [6, 6.07) is 4.52. The number of hydrogen-bond acceptors (Lipinski definition) is 4. The van der Waals surface area contributed by atoms with Crippen LogP contribution < -0.4 is 5.32 Å². The molecular formula is C17H15F2NO3S. The van der Waals surface area contributed by atoms with Gasteiger partial charge in [0.25, 0.3) is 5.91 Å². The lowest BCUT2D eigenvalue weighted by Gasteiger charge is -2.13. The van der Waals surface area contributed by atoms with Crippen molar-refractivity contribution in [1.29, 1.82) is 0 Å². The van der Waals surface area contributed by atoms with Crippen LogP contribution in [0.25, 0.3) is 0 Å². The zero-order valence-corrected chi connectivity index (χ0v) is 13.7. The summed E-state index contributed by atoms with van der Waals surface area (Å²) < 4.78 is 31.8. The normalized spacial score (nSPS) is 14.1. The predicted octanol–water partition coefficient (Wildman–Crippen LogP) is 3.70. The van der Waals surface area contributed by atoms with E-state index in [1.165, 1.54) is 23.1 Å². The Hall–Kier alpha value is -2.28. The van der Waals surface area contributed by atoms with Gasteiger partial charge in [-0.05, 0) is 49.9 Å². The second kappa shape index (κ2) is 6.68. The van der Waals surface area contributed by atoms with Crippen LogP contribution in [0, 0.1) is 11.6 Å². The number of benzene rings is 1. The van der Waals surface area contributed by atoms with Crippen LogP contribution in [0.1, 0.15) is 33.5 Å². The molecular weight excluding hydrogens is 336 g/mol. The molecule has 24 heavy (non-hydrogen) atoms. The minimum Gasteiger partial charge on any atom is -0.448 e. The van der Waals surface area contributed by atoms with E-state index >= 15 is 0 Å². The van der Waals surface area contributed by atoms with E-state index in [-0.39, 0.29) is 5.69 Å². The molecule has 7 heteroatoms. The molecule has 126 valence electrons. The van der Waals surface area contributed by atoms with Crippen LogP contribution in [-0.4, -0.2) is 18.0 Å². The number of hydrogen-bond donors (Lipinski definition) is 1. The number of rotatable bonds is 4. The van der Waals surface area contributed by atoms with Crippen LogP contribution in [0.2, 0.25) is 0 Å². The predicted molar refractivity (Wildman–Crippen MR) is 86.2 cm³/mol. The number of nitrogens with one attached hydrogen (secondary N) is 1. The fourth-order valence-electron chi connectivity index (χ4n) is 2.53. The van der Waals surface area contributed by atoms with Crippen LogP contribution in [0.15, 0.2) is 24.3 Å². The standard InChI is InChI=1S/C17H15F2NO3S/c1-9(16(21)20-13-8-11(18)5-6-12(13)19)23-17(22)15-7-10-3-2-4-14(10)24-15/h5-9H,2-4H2,1H3,(H,20,21)/t9-/m0/s1. The van der Waals surface area contributed by atoms with Crippen molar-refractivity contribution >= 4 is 28.9 Å². The van der Waals surface area contributed by atoms with E-state index in [2.05, 4.69) is 5.32 Å². The molecule has 0 spiro atoms. The van der Waals surface area contributed by atoms with E-state index in [9.17, 15) is 18.4 Å². The third-order valence-corrected chi connectivity index (χ3v) is 5.00. The molecule has 1 N–H and O–H groups in total. The van der Waals surface area contributed by atoms with Gasteiger partial charge in [-0.3, -0.25) is 4.79 Å². The van der Waals surface area contributed by atoms with Gasteiger partial charge in [0.05, 0.1) is 5.69 Å². The number of esters is 1. The van der Waals surface area contributed by atoms with Crippen LogP contribution >= 0.6 is 11.3 Å². The molecule has 0 bridgehead atoms. The van der Waals surface area contributed by atoms with Gasteiger partial charge < -0.3 is 10.1 Å². The summed E-state index contributed by atoms with van der Waals surface area (Å²) in [5.41, 5.74) is 0.865. The molecule has 1 aromatic heterocycles. The van der Waals surface area contributed by atoms with E-state index in [0.717, 1.165) is 43.0 Å². The number of anilines is 1. The molecule has 0 aliphatic heterocycles. The van der Waals surface area contributed by atoms with Gasteiger partial charge in [-0.2, -0.15) is 0 Å². The molecule has 3 rings (SSSR count). The molecule has 0 saturated carbocycles. The van der Waals surface area contributed by atoms with E-state index in [4.69, 9.17) is 4.74 Å². The SMILES string of the molecule is C[C@H](OC(=O)c1cc2c(s1)CCC2)C(=O)Nc1cc(F)ccc1F. The van der Waals surface area contributed by atoms with Crippen molar-refractivity contribution in [2.45, 2.75) is 32.3 Å². The first-order valence-electron chi connectivity index (χ1n) is 7.52. The van der Waals surface area contributed by atoms with Gasteiger partial charge in [0.2, 0.25) is 0 Å². The third kappa shape index (κ3) is 3.46. The Morgan fingerprint density at radius 3 is 2.79 bits per heavy atom. The minimum atomic E-state index is -1.13. The molecule has 1 aromatic carbocycles. The van der Waals surface area contributed by atoms with Crippen molar-refractivity contribution in [1.82, 2.24) is 0 Å². The summed E-state index contributed by atoms with van der Waals surface area (Å²) in [7, 11) is 0. The first kappa shape index (κ1) is 16.6. The Bertz CT molecular complexity index is 782. The molecule has 1 amide bonds. The summed E-state index contributed by atoms with van der Waals surface area (Å²) in [5.74, 6) is -2.75. The first-order valence-corrected chi connectivity index (χ1v) is 8.34. The minimum absolute atomic E-state index is 0.294. The summed E-state index contributed by atoms with van der Waals surface area (Å²) in [6.45, 7) is 1.38. The first-order chi connectivity index (χ1) is 11.4. The highest BCUT2D eigenvalue weighted by molar-refractivity contribution is 7.14. The van der Waals surface area contributed by atoms with Gasteiger partial charge in [-0.15, -0.1) is 11.3 Å². The number of halogens is 2. The highest BCUT2D eigenvalue weighted by Crippen LogP contribution is 2.31. The number of amides is 1. The van der Waals surface area contributed by atoms with Crippen molar-refractivity contribution in [3.8, 4) is 0 Å². The summed E-state index contributed by atoms with van der Waals surface area (Å²) in [6.07, 6.45) is 1.88. The van der Waals surface area contributed by atoms with Crippen LogP contribution in [0.5, 0.6) is 0 Å². The van der Waals surface area contributed by atoms with Gasteiger partial charge in [0, 0.05) is 10.9 Å². The summed E-state index contributed by atoms with van der Waals surface area (Å²) in [5, 5.41) is 2.22. The van der Waals surface area contributed by atoms with E-state index in [1.807, 2.05) is 0 Å². The Morgan fingerprint density at radius 1 is 1.25 bits per heavy atom. The molecule has 1 aliphatic rings. The molecule has 0 unspecified atom stereocenters. The maximum absolute atomic E-state index is 13.5. The molecule has 0 saturated heterocycles. The van der Waals surface area contributed by atoms with Gasteiger partial charge in [0.15, 0.2) is 6.10 Å². The molecule has 1 heterocycles. The van der Waals surface area contributed by atoms with Crippen molar-refractivity contribution in [2.75, 3.05) is 5.32 Å². The van der Waals surface area contributed by atoms with E-state index in [1.54, 1.807) is 6.07 Å². The molecule has 2 aromatic rings. The van der Waals surface area contributed by atoms with Gasteiger partial charge in [-0.25, -0.2) is 13.6 Å². The monoisotopic (exact) mass is 351 g/mol. The number of carbonyl (C=O) groups excluding carboxylic acids is 2. The molecule has 1 atom stereocenters. The Balaban J connectivity index is 1.63. The number of thiophene rings is 1. The average Bonchev–Trinajstić information content (AvgIpc) is 3.12. The van der Waals surface area contributed by atoms with Crippen LogP contribution in [0.4, 0.5) is 14.5 Å². The molecule has 1 aliphatic carbocycles. The van der Waals surface area contributed by atoms with Crippen LogP contribution in [-0.2, 0) is 22.4 Å². The zero-order chi connectivity index (χ0) is 17.3. The van der Waals surface area contributed by atoms with Gasteiger partial charge in [0.1, 0.15) is 16.5 Å². The Kier molecular flexibility index (Phi) is 4.62. The zero-order valence-electron chi connectivity index (χ0n) is 12.9. The summed E-state index contributed by atoms with van der Waals surface area (Å²) >= 11 is 1.38. The average molecular weight is 351 g/mol. The van der Waals surface area contributed by atoms with Gasteiger partial charge in [-0.1, -0.05) is 0 Å². The highest BCUT2D eigenvalue weighted by atomic mass is 32.1. The Labute approximate surface area is 141 Å². The maximum atomic E-state index is 13.5. The van der Waals surface area contributed by atoms with Crippen LogP contribution in [0.3, 0.4) is 0 Å². The smallest absolute Gasteiger partial charge is 0.349 e. The lowest BCUT2D eigenvalue weighted by molar-refractivity contribution is -0.123. The lowest BCUT2D eigenvalue weighted by atomic mass is 10.2. The fourth-order valence-corrected chi connectivity index (χ4v) is 3.67. The third-order valence-electron chi connectivity index (χ3n) is 3.79. The van der Waals surface area contributed by atoms with Crippen molar-refractivity contribution in [3.63, 3.8) is 0 Å². The maximum Gasteiger partial charge on any atom is 0.349 e. The number of carbonyl (C=O) groups is 2. The second-order valence-electron chi connectivity index (χ2n) is 5.57. The lowest BCUT2D eigenvalue weighted by Crippen LogP contribution is -2.30. The fraction of sp³-hybridized carbons (Fsp3) is 0.294. The molecule has 0 radical (unpaired) electrons. The van der Waals surface area contributed by atoms with Crippen molar-refractivity contribution < 1.29 is 23.1 Å². The number of ether oxygens (including phenoxy) is 1. The quantitative estimate of drug-likeness (QED) is 0.855. The summed E-state index contributed by atoms with van der Waals surface area (Å²) in [4.78, 5) is 25.8. The Morgan fingerprint density at radius 2 is 2.04 bits per heavy atom. The molecule has 0 fully saturated rings. The van der Waals surface area contributed by atoms with Crippen molar-refractivity contribution in [2.24, 2.45) is 0 Å². The number of fused-ring (bicyclic) bond motifs is 1. The topological polar surface area (TPSA) is 55.4 Å². The molecule has 4 nitrogen and oxygen atoms in total. The number of aryl methyl sites for hydroxylation is 2. The largest absolute Gasteiger partial charge is 0.448 e. The van der Waals surface area contributed by atoms with E-state index in [0.29, 0.717) is 4.88 Å². The van der Waals surface area contributed by atoms with Crippen molar-refractivity contribution in [3.05, 3.63) is 51.2 Å².